The second-order valence-electron chi connectivity index (χ2n) is 4.72. The van der Waals surface area contributed by atoms with E-state index in [1.807, 2.05) is 0 Å². The topological polar surface area (TPSA) is 24.5 Å². The maximum Gasteiger partial charge on any atom is 0.0477 e. The molecule has 2 fully saturated rings. The van der Waals surface area contributed by atoms with Crippen molar-refractivity contribution in [2.75, 3.05) is 32.8 Å². The summed E-state index contributed by atoms with van der Waals surface area (Å²) in [6, 6.07) is 1.69. The van der Waals surface area contributed by atoms with Crippen LogP contribution in [0.15, 0.2) is 0 Å². The summed E-state index contributed by atoms with van der Waals surface area (Å²) in [5.74, 6) is 0. The minimum atomic E-state index is 0.743. The smallest absolute Gasteiger partial charge is 0.0477 e. The van der Waals surface area contributed by atoms with Gasteiger partial charge in [-0.3, -0.25) is 4.90 Å². The highest BCUT2D eigenvalue weighted by molar-refractivity contribution is 4.91. The molecule has 0 aromatic heterocycles. The third-order valence-electron chi connectivity index (χ3n) is 3.39. The highest BCUT2D eigenvalue weighted by Gasteiger charge is 2.33. The fourth-order valence-electron chi connectivity index (χ4n) is 2.35. The third kappa shape index (κ3) is 3.74. The predicted octanol–water partition coefficient (Wildman–Crippen LogP) is 1.24. The van der Waals surface area contributed by atoms with Crippen LogP contribution in [0.2, 0.25) is 0 Å². The summed E-state index contributed by atoms with van der Waals surface area (Å²) in [7, 11) is 0. The molecule has 1 unspecified atom stereocenters. The molecule has 1 saturated carbocycles. The van der Waals surface area contributed by atoms with E-state index in [0.29, 0.717) is 0 Å². The Morgan fingerprint density at radius 2 is 2.20 bits per heavy atom. The van der Waals surface area contributed by atoms with E-state index in [-0.39, 0.29) is 0 Å². The zero-order valence-corrected chi connectivity index (χ0v) is 9.87. The van der Waals surface area contributed by atoms with Gasteiger partial charge in [-0.1, -0.05) is 0 Å². The van der Waals surface area contributed by atoms with Crippen molar-refractivity contribution in [3.63, 3.8) is 0 Å². The summed E-state index contributed by atoms with van der Waals surface area (Å²) in [6.07, 6.45) is 5.37. The largest absolute Gasteiger partial charge is 0.382 e. The van der Waals surface area contributed by atoms with Crippen LogP contribution in [0.5, 0.6) is 0 Å². The van der Waals surface area contributed by atoms with Crippen molar-refractivity contribution in [2.24, 2.45) is 0 Å². The molecule has 1 aliphatic carbocycles. The summed E-state index contributed by atoms with van der Waals surface area (Å²) in [4.78, 5) is 2.65. The van der Waals surface area contributed by atoms with E-state index in [2.05, 4.69) is 17.1 Å². The molecule has 0 aromatic carbocycles. The lowest BCUT2D eigenvalue weighted by Gasteiger charge is -2.15. The zero-order valence-electron chi connectivity index (χ0n) is 9.87. The molecule has 1 aliphatic heterocycles. The van der Waals surface area contributed by atoms with Gasteiger partial charge in [0.1, 0.15) is 0 Å². The summed E-state index contributed by atoms with van der Waals surface area (Å²) in [5.41, 5.74) is 0. The van der Waals surface area contributed by atoms with Crippen LogP contribution in [0.3, 0.4) is 0 Å². The Morgan fingerprint density at radius 1 is 1.33 bits per heavy atom. The number of rotatable bonds is 7. The Hall–Kier alpha value is -0.120. The molecule has 2 rings (SSSR count). The SMILES string of the molecule is CCOCCCNC1CCN(C2CC2)C1. The zero-order chi connectivity index (χ0) is 10.5. The lowest BCUT2D eigenvalue weighted by atomic mass is 10.2. The number of nitrogens with zero attached hydrogens (tertiary/aromatic N) is 1. The fraction of sp³-hybridized carbons (Fsp3) is 1.00. The first-order chi connectivity index (χ1) is 7.40. The molecule has 0 bridgehead atoms. The monoisotopic (exact) mass is 212 g/mol. The molecule has 88 valence electrons. The molecule has 1 saturated heterocycles. The van der Waals surface area contributed by atoms with Crippen molar-refractivity contribution in [1.29, 1.82) is 0 Å². The molecule has 1 N–H and O–H groups in total. The number of hydrogen-bond donors (Lipinski definition) is 1. The summed E-state index contributed by atoms with van der Waals surface area (Å²) in [6.45, 7) is 7.51. The second-order valence-corrected chi connectivity index (χ2v) is 4.72. The molecule has 3 heteroatoms. The van der Waals surface area contributed by atoms with Gasteiger partial charge in [-0.2, -0.15) is 0 Å². The van der Waals surface area contributed by atoms with Crippen molar-refractivity contribution in [1.82, 2.24) is 10.2 Å². The average Bonchev–Trinajstić information content (AvgIpc) is 2.99. The number of likely N-dealkylation sites (tertiary alicyclic amines) is 1. The second kappa shape index (κ2) is 5.83. The maximum absolute atomic E-state index is 5.32. The summed E-state index contributed by atoms with van der Waals surface area (Å²) < 4.78 is 5.32. The molecule has 0 radical (unpaired) electrons. The van der Waals surface area contributed by atoms with E-state index in [9.17, 15) is 0 Å². The van der Waals surface area contributed by atoms with Crippen molar-refractivity contribution >= 4 is 0 Å². The van der Waals surface area contributed by atoms with Gasteiger partial charge < -0.3 is 10.1 Å². The van der Waals surface area contributed by atoms with Crippen molar-refractivity contribution in [3.8, 4) is 0 Å². The maximum atomic E-state index is 5.32. The van der Waals surface area contributed by atoms with Crippen LogP contribution in [0, 0.1) is 0 Å². The first kappa shape index (κ1) is 11.4. The lowest BCUT2D eigenvalue weighted by Crippen LogP contribution is -2.34. The highest BCUT2D eigenvalue weighted by Crippen LogP contribution is 2.29. The van der Waals surface area contributed by atoms with Crippen LogP contribution in [-0.2, 0) is 4.74 Å². The van der Waals surface area contributed by atoms with E-state index in [1.165, 1.54) is 32.4 Å². The number of hydrogen-bond acceptors (Lipinski definition) is 3. The third-order valence-corrected chi connectivity index (χ3v) is 3.39. The molecule has 1 heterocycles. The van der Waals surface area contributed by atoms with Crippen LogP contribution < -0.4 is 5.32 Å². The van der Waals surface area contributed by atoms with Crippen LogP contribution in [0.25, 0.3) is 0 Å². The number of ether oxygens (including phenoxy) is 1. The molecular formula is C12H24N2O. The van der Waals surface area contributed by atoms with E-state index >= 15 is 0 Å². The van der Waals surface area contributed by atoms with Gasteiger partial charge in [0.25, 0.3) is 0 Å². The predicted molar refractivity (Wildman–Crippen MR) is 62.1 cm³/mol. The quantitative estimate of drug-likeness (QED) is 0.643. The van der Waals surface area contributed by atoms with Gasteiger partial charge in [-0.15, -0.1) is 0 Å². The average molecular weight is 212 g/mol. The Balaban J connectivity index is 1.49. The van der Waals surface area contributed by atoms with Gasteiger partial charge in [0.2, 0.25) is 0 Å². The standard InChI is InChI=1S/C12H24N2O/c1-2-15-9-3-7-13-11-6-8-14(10-11)12-4-5-12/h11-13H,2-10H2,1H3. The summed E-state index contributed by atoms with van der Waals surface area (Å²) >= 11 is 0. The molecule has 0 spiro atoms. The van der Waals surface area contributed by atoms with Crippen molar-refractivity contribution in [2.45, 2.75) is 44.7 Å². The van der Waals surface area contributed by atoms with E-state index in [4.69, 9.17) is 4.74 Å². The normalized spacial score (nSPS) is 27.4. The molecule has 2 aliphatic rings. The molecule has 1 atom stereocenters. The van der Waals surface area contributed by atoms with E-state index < -0.39 is 0 Å². The van der Waals surface area contributed by atoms with Crippen molar-refractivity contribution < 1.29 is 4.74 Å². The first-order valence-electron chi connectivity index (χ1n) is 6.45. The van der Waals surface area contributed by atoms with Crippen LogP contribution >= 0.6 is 0 Å². The van der Waals surface area contributed by atoms with Gasteiger partial charge in [0.15, 0.2) is 0 Å². The van der Waals surface area contributed by atoms with Crippen molar-refractivity contribution in [3.05, 3.63) is 0 Å². The molecule has 15 heavy (non-hydrogen) atoms. The Morgan fingerprint density at radius 3 is 2.93 bits per heavy atom. The Labute approximate surface area is 93.2 Å². The minimum Gasteiger partial charge on any atom is -0.382 e. The highest BCUT2D eigenvalue weighted by atomic mass is 16.5. The lowest BCUT2D eigenvalue weighted by molar-refractivity contribution is 0.144. The van der Waals surface area contributed by atoms with Gasteiger partial charge in [-0.05, 0) is 39.2 Å². The molecular weight excluding hydrogens is 188 g/mol. The van der Waals surface area contributed by atoms with Crippen LogP contribution in [0.4, 0.5) is 0 Å². The van der Waals surface area contributed by atoms with Gasteiger partial charge in [-0.25, -0.2) is 0 Å². The fourth-order valence-corrected chi connectivity index (χ4v) is 2.35. The van der Waals surface area contributed by atoms with Crippen LogP contribution in [-0.4, -0.2) is 49.8 Å². The van der Waals surface area contributed by atoms with Gasteiger partial charge in [0.05, 0.1) is 0 Å². The first-order valence-corrected chi connectivity index (χ1v) is 6.45. The molecule has 3 nitrogen and oxygen atoms in total. The Bertz CT molecular complexity index is 182. The summed E-state index contributed by atoms with van der Waals surface area (Å²) in [5, 5.41) is 3.63. The Kier molecular flexibility index (Phi) is 4.42. The molecule has 0 aromatic rings. The van der Waals surface area contributed by atoms with Crippen LogP contribution in [0.1, 0.15) is 32.6 Å². The van der Waals surface area contributed by atoms with E-state index in [0.717, 1.165) is 38.3 Å². The van der Waals surface area contributed by atoms with Gasteiger partial charge in [0, 0.05) is 38.4 Å². The number of nitrogens with one attached hydrogen (secondary N) is 1. The van der Waals surface area contributed by atoms with Gasteiger partial charge >= 0.3 is 0 Å². The minimum absolute atomic E-state index is 0.743. The van der Waals surface area contributed by atoms with E-state index in [1.54, 1.807) is 0 Å². The molecule has 0 amide bonds.